The summed E-state index contributed by atoms with van der Waals surface area (Å²) in [5.74, 6) is 0. The highest BCUT2D eigenvalue weighted by molar-refractivity contribution is 7.80. The van der Waals surface area contributed by atoms with Crippen molar-refractivity contribution in [2.45, 2.75) is 26.3 Å². The van der Waals surface area contributed by atoms with E-state index < -0.39 is 0 Å². The van der Waals surface area contributed by atoms with Crippen molar-refractivity contribution in [2.24, 2.45) is 0 Å². The van der Waals surface area contributed by atoms with Gasteiger partial charge in [-0.2, -0.15) is 0 Å². The highest BCUT2D eigenvalue weighted by Crippen LogP contribution is 2.06. The molecule has 1 rings (SSSR count). The van der Waals surface area contributed by atoms with Crippen LogP contribution in [0.3, 0.4) is 0 Å². The first-order valence-electron chi connectivity index (χ1n) is 6.46. The minimum Gasteiger partial charge on any atom is -0.382 e. The van der Waals surface area contributed by atoms with Gasteiger partial charge in [0.2, 0.25) is 0 Å². The van der Waals surface area contributed by atoms with E-state index in [-0.39, 0.29) is 0 Å². The molecule has 0 amide bonds. The molecule has 100 valence electrons. The third kappa shape index (κ3) is 5.19. The Morgan fingerprint density at radius 1 is 1.47 bits per heavy atom. The second kappa shape index (κ2) is 7.84. The summed E-state index contributed by atoms with van der Waals surface area (Å²) >= 11 is 5.40. The number of rotatable bonds is 5. The van der Waals surface area contributed by atoms with Crippen LogP contribution in [0, 0.1) is 0 Å². The molecule has 1 aliphatic heterocycles. The van der Waals surface area contributed by atoms with E-state index in [9.17, 15) is 0 Å². The zero-order valence-electron chi connectivity index (χ0n) is 11.2. The predicted molar refractivity (Wildman–Crippen MR) is 75.4 cm³/mol. The van der Waals surface area contributed by atoms with Gasteiger partial charge in [0.05, 0.1) is 0 Å². The molecule has 1 heterocycles. The summed E-state index contributed by atoms with van der Waals surface area (Å²) < 4.78 is 5.29. The molecule has 1 aliphatic rings. The number of piperazine rings is 1. The maximum Gasteiger partial charge on any atom is 0.169 e. The van der Waals surface area contributed by atoms with Crippen molar-refractivity contribution in [1.29, 1.82) is 0 Å². The van der Waals surface area contributed by atoms with Crippen LogP contribution in [0.25, 0.3) is 0 Å². The minimum atomic E-state index is 0.576. The van der Waals surface area contributed by atoms with Crippen molar-refractivity contribution in [3.05, 3.63) is 0 Å². The summed E-state index contributed by atoms with van der Waals surface area (Å²) in [4.78, 5) is 4.63. The summed E-state index contributed by atoms with van der Waals surface area (Å²) in [5, 5.41) is 4.20. The van der Waals surface area contributed by atoms with Crippen molar-refractivity contribution >= 4 is 17.3 Å². The van der Waals surface area contributed by atoms with E-state index in [1.807, 2.05) is 6.92 Å². The van der Waals surface area contributed by atoms with Crippen LogP contribution in [-0.2, 0) is 4.74 Å². The van der Waals surface area contributed by atoms with Gasteiger partial charge in [-0.15, -0.1) is 0 Å². The SMILES string of the molecule is CCOCCCNC(=S)N1CCN(C)C(C)C1. The number of nitrogens with zero attached hydrogens (tertiary/aromatic N) is 2. The van der Waals surface area contributed by atoms with Gasteiger partial charge in [-0.05, 0) is 39.5 Å². The van der Waals surface area contributed by atoms with E-state index in [0.29, 0.717) is 6.04 Å². The van der Waals surface area contributed by atoms with Gasteiger partial charge in [0.25, 0.3) is 0 Å². The molecule has 1 unspecified atom stereocenters. The smallest absolute Gasteiger partial charge is 0.169 e. The van der Waals surface area contributed by atoms with Crippen LogP contribution in [0.1, 0.15) is 20.3 Å². The van der Waals surface area contributed by atoms with Gasteiger partial charge < -0.3 is 19.9 Å². The van der Waals surface area contributed by atoms with Gasteiger partial charge in [0, 0.05) is 45.4 Å². The number of likely N-dealkylation sites (N-methyl/N-ethyl adjacent to an activating group) is 1. The van der Waals surface area contributed by atoms with E-state index >= 15 is 0 Å². The Hall–Kier alpha value is -0.390. The Morgan fingerprint density at radius 3 is 2.88 bits per heavy atom. The molecule has 1 atom stereocenters. The number of thiocarbonyl (C=S) groups is 1. The summed E-state index contributed by atoms with van der Waals surface area (Å²) in [6, 6.07) is 0.576. The molecule has 0 saturated carbocycles. The van der Waals surface area contributed by atoms with E-state index in [4.69, 9.17) is 17.0 Å². The zero-order chi connectivity index (χ0) is 12.7. The van der Waals surface area contributed by atoms with Crippen LogP contribution >= 0.6 is 12.2 Å². The first kappa shape index (κ1) is 14.7. The molecule has 0 radical (unpaired) electrons. The second-order valence-corrected chi connectivity index (χ2v) is 4.94. The van der Waals surface area contributed by atoms with E-state index in [1.165, 1.54) is 0 Å². The molecular formula is C12H25N3OS. The molecule has 5 heteroatoms. The summed E-state index contributed by atoms with van der Waals surface area (Å²) in [5.41, 5.74) is 0. The van der Waals surface area contributed by atoms with E-state index in [2.05, 4.69) is 29.1 Å². The molecule has 0 aromatic rings. The summed E-state index contributed by atoms with van der Waals surface area (Å²) in [6.45, 7) is 9.90. The number of ether oxygens (including phenoxy) is 1. The van der Waals surface area contributed by atoms with Crippen LogP contribution in [0.15, 0.2) is 0 Å². The van der Waals surface area contributed by atoms with Gasteiger partial charge in [0.15, 0.2) is 5.11 Å². The Labute approximate surface area is 110 Å². The molecule has 17 heavy (non-hydrogen) atoms. The van der Waals surface area contributed by atoms with E-state index in [1.54, 1.807) is 0 Å². The number of nitrogens with one attached hydrogen (secondary N) is 1. The lowest BCUT2D eigenvalue weighted by Crippen LogP contribution is -2.54. The minimum absolute atomic E-state index is 0.576. The first-order valence-corrected chi connectivity index (χ1v) is 6.86. The molecule has 0 spiro atoms. The highest BCUT2D eigenvalue weighted by Gasteiger charge is 2.21. The molecule has 0 aliphatic carbocycles. The van der Waals surface area contributed by atoms with Gasteiger partial charge in [-0.25, -0.2) is 0 Å². The molecule has 4 nitrogen and oxygen atoms in total. The van der Waals surface area contributed by atoms with E-state index in [0.717, 1.165) is 50.9 Å². The van der Waals surface area contributed by atoms with Crippen molar-refractivity contribution in [2.75, 3.05) is 46.4 Å². The lowest BCUT2D eigenvalue weighted by molar-refractivity contribution is 0.143. The third-order valence-electron chi connectivity index (χ3n) is 3.19. The van der Waals surface area contributed by atoms with Crippen molar-refractivity contribution in [3.8, 4) is 0 Å². The van der Waals surface area contributed by atoms with Gasteiger partial charge in [0.1, 0.15) is 0 Å². The largest absolute Gasteiger partial charge is 0.382 e. The lowest BCUT2D eigenvalue weighted by atomic mass is 10.2. The fraction of sp³-hybridized carbons (Fsp3) is 0.917. The lowest BCUT2D eigenvalue weighted by Gasteiger charge is -2.39. The monoisotopic (exact) mass is 259 g/mol. The standard InChI is InChI=1S/C12H25N3OS/c1-4-16-9-5-6-13-12(17)15-8-7-14(3)11(2)10-15/h11H,4-10H2,1-3H3,(H,13,17). The second-order valence-electron chi connectivity index (χ2n) is 4.56. The normalized spacial score (nSPS) is 21.6. The molecular weight excluding hydrogens is 234 g/mol. The number of hydrogen-bond acceptors (Lipinski definition) is 3. The molecule has 1 saturated heterocycles. The Morgan fingerprint density at radius 2 is 2.24 bits per heavy atom. The Kier molecular flexibility index (Phi) is 6.77. The maximum absolute atomic E-state index is 5.40. The molecule has 0 aromatic heterocycles. The van der Waals surface area contributed by atoms with Crippen LogP contribution in [0.5, 0.6) is 0 Å². The van der Waals surface area contributed by atoms with Crippen LogP contribution in [-0.4, -0.2) is 67.4 Å². The quantitative estimate of drug-likeness (QED) is 0.585. The van der Waals surface area contributed by atoms with Crippen LogP contribution < -0.4 is 5.32 Å². The maximum atomic E-state index is 5.40. The van der Waals surface area contributed by atoms with Crippen LogP contribution in [0.4, 0.5) is 0 Å². The van der Waals surface area contributed by atoms with Crippen molar-refractivity contribution in [1.82, 2.24) is 15.1 Å². The molecule has 0 bridgehead atoms. The molecule has 0 aromatic carbocycles. The van der Waals surface area contributed by atoms with Gasteiger partial charge in [-0.3, -0.25) is 0 Å². The van der Waals surface area contributed by atoms with Gasteiger partial charge in [-0.1, -0.05) is 0 Å². The Bertz CT molecular complexity index is 238. The number of hydrogen-bond donors (Lipinski definition) is 1. The third-order valence-corrected chi connectivity index (χ3v) is 3.60. The fourth-order valence-corrected chi connectivity index (χ4v) is 2.13. The van der Waals surface area contributed by atoms with Gasteiger partial charge >= 0.3 is 0 Å². The zero-order valence-corrected chi connectivity index (χ0v) is 12.1. The highest BCUT2D eigenvalue weighted by atomic mass is 32.1. The fourth-order valence-electron chi connectivity index (χ4n) is 1.86. The average molecular weight is 259 g/mol. The molecule has 1 N–H and O–H groups in total. The predicted octanol–water partition coefficient (Wildman–Crippen LogP) is 0.923. The topological polar surface area (TPSA) is 27.7 Å². The molecule has 1 fully saturated rings. The Balaban J connectivity index is 2.15. The summed E-state index contributed by atoms with van der Waals surface area (Å²) in [6.07, 6.45) is 1.01. The van der Waals surface area contributed by atoms with Crippen molar-refractivity contribution < 1.29 is 4.74 Å². The first-order chi connectivity index (χ1) is 8.15. The van der Waals surface area contributed by atoms with Crippen LogP contribution in [0.2, 0.25) is 0 Å². The van der Waals surface area contributed by atoms with Crippen molar-refractivity contribution in [3.63, 3.8) is 0 Å². The average Bonchev–Trinajstić information content (AvgIpc) is 2.32. The summed E-state index contributed by atoms with van der Waals surface area (Å²) in [7, 11) is 2.17.